The summed E-state index contributed by atoms with van der Waals surface area (Å²) in [6, 6.07) is 0. The Balaban J connectivity index is 1.67. The molecule has 1 N–H and O–H groups in total. The average molecular weight is 385 g/mol. The maximum atomic E-state index is 12.8. The summed E-state index contributed by atoms with van der Waals surface area (Å²) >= 11 is 0. The topological polar surface area (TPSA) is 96.0 Å². The van der Waals surface area contributed by atoms with Gasteiger partial charge >= 0.3 is 5.97 Å². The monoisotopic (exact) mass is 385 g/mol. The second-order valence-electron chi connectivity index (χ2n) is 7.35. The molecule has 0 aromatic rings. The lowest BCUT2D eigenvalue weighted by molar-refractivity contribution is -0.150. The number of hydrogen-bond acceptors (Lipinski definition) is 6. The maximum Gasteiger partial charge on any atom is 0.335 e. The van der Waals surface area contributed by atoms with E-state index in [2.05, 4.69) is 10.2 Å². The highest BCUT2D eigenvalue weighted by atomic mass is 32.2. The second kappa shape index (κ2) is 7.28. The zero-order valence-electron chi connectivity index (χ0n) is 15.4. The molecule has 0 bridgehead atoms. The van der Waals surface area contributed by atoms with Gasteiger partial charge in [-0.3, -0.25) is 4.79 Å². The van der Waals surface area contributed by atoms with Crippen molar-refractivity contribution in [1.82, 2.24) is 14.5 Å². The van der Waals surface area contributed by atoms with E-state index in [-0.39, 0.29) is 19.0 Å². The summed E-state index contributed by atoms with van der Waals surface area (Å²) in [4.78, 5) is 27.2. The van der Waals surface area contributed by atoms with Gasteiger partial charge in [-0.1, -0.05) is 0 Å². The van der Waals surface area contributed by atoms with Gasteiger partial charge in [0.05, 0.1) is 11.8 Å². The lowest BCUT2D eigenvalue weighted by atomic mass is 9.83. The number of piperidine rings is 1. The van der Waals surface area contributed by atoms with Crippen LogP contribution in [-0.4, -0.2) is 80.6 Å². The molecule has 9 heteroatoms. The van der Waals surface area contributed by atoms with Crippen molar-refractivity contribution < 1.29 is 22.7 Å². The summed E-state index contributed by atoms with van der Waals surface area (Å²) in [5, 5.41) is 2.91. The standard InChI is InChI=1S/C17H27N3O5S/c1-13-14(15(21)18-7-12-19-8-3-4-9-19)17(25-16(13)22)5-10-20(11-6-17)26(2,23)24/h3-12H2,1-2H3,(H,18,21). The molecule has 1 spiro atoms. The summed E-state index contributed by atoms with van der Waals surface area (Å²) < 4.78 is 30.4. The molecule has 0 aromatic carbocycles. The number of hydrogen-bond donors (Lipinski definition) is 1. The van der Waals surface area contributed by atoms with Crippen LogP contribution in [0, 0.1) is 0 Å². The van der Waals surface area contributed by atoms with Gasteiger partial charge < -0.3 is 15.0 Å². The Kier molecular flexibility index (Phi) is 5.41. The van der Waals surface area contributed by atoms with Gasteiger partial charge in [-0.05, 0) is 32.9 Å². The van der Waals surface area contributed by atoms with E-state index in [1.54, 1.807) is 6.92 Å². The number of nitrogens with one attached hydrogen (secondary N) is 1. The van der Waals surface area contributed by atoms with Gasteiger partial charge in [0.15, 0.2) is 0 Å². The van der Waals surface area contributed by atoms with Crippen LogP contribution < -0.4 is 5.32 Å². The van der Waals surface area contributed by atoms with Crippen LogP contribution in [0.3, 0.4) is 0 Å². The molecule has 0 radical (unpaired) electrons. The van der Waals surface area contributed by atoms with E-state index in [9.17, 15) is 18.0 Å². The van der Waals surface area contributed by atoms with Gasteiger partial charge in [0.1, 0.15) is 5.60 Å². The second-order valence-corrected chi connectivity index (χ2v) is 9.33. The molecule has 146 valence electrons. The first kappa shape index (κ1) is 19.3. The van der Waals surface area contributed by atoms with E-state index in [1.165, 1.54) is 23.4 Å². The number of carbonyl (C=O) groups excluding carboxylic acids is 2. The molecule has 0 aliphatic carbocycles. The molecular formula is C17H27N3O5S. The van der Waals surface area contributed by atoms with Crippen LogP contribution in [-0.2, 0) is 24.3 Å². The Hall–Kier alpha value is -1.45. The van der Waals surface area contributed by atoms with Gasteiger partial charge in [-0.15, -0.1) is 0 Å². The number of likely N-dealkylation sites (tertiary alicyclic amines) is 1. The molecule has 2 fully saturated rings. The van der Waals surface area contributed by atoms with Gasteiger partial charge in [-0.25, -0.2) is 17.5 Å². The van der Waals surface area contributed by atoms with Crippen molar-refractivity contribution in [3.63, 3.8) is 0 Å². The Bertz CT molecular complexity index is 717. The number of esters is 1. The quantitative estimate of drug-likeness (QED) is 0.662. The summed E-state index contributed by atoms with van der Waals surface area (Å²) in [5.74, 6) is -0.761. The molecular weight excluding hydrogens is 358 g/mol. The third kappa shape index (κ3) is 3.79. The fraction of sp³-hybridized carbons (Fsp3) is 0.765. The van der Waals surface area contributed by atoms with E-state index in [1.807, 2.05) is 0 Å². The molecule has 2 saturated heterocycles. The molecule has 0 saturated carbocycles. The van der Waals surface area contributed by atoms with Crippen molar-refractivity contribution >= 4 is 21.9 Å². The molecule has 3 heterocycles. The molecule has 0 aromatic heterocycles. The molecule has 0 unspecified atom stereocenters. The molecule has 0 atom stereocenters. The fourth-order valence-electron chi connectivity index (χ4n) is 4.08. The van der Waals surface area contributed by atoms with E-state index in [0.29, 0.717) is 30.5 Å². The van der Waals surface area contributed by atoms with Crippen LogP contribution in [0.2, 0.25) is 0 Å². The zero-order chi connectivity index (χ0) is 18.9. The first-order valence-electron chi connectivity index (χ1n) is 9.13. The average Bonchev–Trinajstić information content (AvgIpc) is 3.15. The predicted octanol–water partition coefficient (Wildman–Crippen LogP) is -0.134. The Morgan fingerprint density at radius 2 is 1.81 bits per heavy atom. The van der Waals surface area contributed by atoms with E-state index >= 15 is 0 Å². The number of amides is 1. The van der Waals surface area contributed by atoms with Gasteiger partial charge in [0.2, 0.25) is 10.0 Å². The summed E-state index contributed by atoms with van der Waals surface area (Å²) in [6.45, 7) is 5.52. The van der Waals surface area contributed by atoms with Crippen LogP contribution >= 0.6 is 0 Å². The first-order valence-corrected chi connectivity index (χ1v) is 11.0. The predicted molar refractivity (Wildman–Crippen MR) is 95.9 cm³/mol. The lowest BCUT2D eigenvalue weighted by Crippen LogP contribution is -2.50. The van der Waals surface area contributed by atoms with Crippen LogP contribution in [0.5, 0.6) is 0 Å². The Morgan fingerprint density at radius 3 is 2.38 bits per heavy atom. The van der Waals surface area contributed by atoms with Crippen LogP contribution in [0.25, 0.3) is 0 Å². The zero-order valence-corrected chi connectivity index (χ0v) is 16.2. The normalized spacial score (nSPS) is 24.3. The van der Waals surface area contributed by atoms with Crippen LogP contribution in [0.4, 0.5) is 0 Å². The molecule has 8 nitrogen and oxygen atoms in total. The molecule has 3 aliphatic rings. The molecule has 3 aliphatic heterocycles. The van der Waals surface area contributed by atoms with Gasteiger partial charge in [0, 0.05) is 44.6 Å². The van der Waals surface area contributed by atoms with Gasteiger partial charge in [0.25, 0.3) is 5.91 Å². The Labute approximate surface area is 154 Å². The van der Waals surface area contributed by atoms with Crippen molar-refractivity contribution in [3.05, 3.63) is 11.1 Å². The Morgan fingerprint density at radius 1 is 1.19 bits per heavy atom. The molecule has 26 heavy (non-hydrogen) atoms. The van der Waals surface area contributed by atoms with Crippen LogP contribution in [0.1, 0.15) is 32.6 Å². The summed E-state index contributed by atoms with van der Waals surface area (Å²) in [7, 11) is -3.29. The number of ether oxygens (including phenoxy) is 1. The SMILES string of the molecule is CC1=C(C(=O)NCCN2CCCC2)C2(CCN(S(C)(=O)=O)CC2)OC1=O. The third-order valence-electron chi connectivity index (χ3n) is 5.56. The number of nitrogens with zero attached hydrogens (tertiary/aromatic N) is 2. The van der Waals surface area contributed by atoms with Crippen molar-refractivity contribution in [1.29, 1.82) is 0 Å². The van der Waals surface area contributed by atoms with Gasteiger partial charge in [-0.2, -0.15) is 0 Å². The largest absolute Gasteiger partial charge is 0.450 e. The van der Waals surface area contributed by atoms with Crippen molar-refractivity contribution in [2.75, 3.05) is 45.5 Å². The molecule has 3 rings (SSSR count). The molecule has 1 amide bonds. The summed E-state index contributed by atoms with van der Waals surface area (Å²) in [6.07, 6.45) is 4.16. The number of carbonyl (C=O) groups is 2. The van der Waals surface area contributed by atoms with Crippen molar-refractivity contribution in [2.45, 2.75) is 38.2 Å². The minimum atomic E-state index is -3.29. The maximum absolute atomic E-state index is 12.8. The van der Waals surface area contributed by atoms with E-state index in [4.69, 9.17) is 4.74 Å². The number of sulfonamides is 1. The smallest absolute Gasteiger partial charge is 0.335 e. The minimum absolute atomic E-state index is 0.240. The van der Waals surface area contributed by atoms with Crippen molar-refractivity contribution in [2.24, 2.45) is 0 Å². The highest BCUT2D eigenvalue weighted by Crippen LogP contribution is 2.41. The van der Waals surface area contributed by atoms with E-state index in [0.717, 1.165) is 19.6 Å². The van der Waals surface area contributed by atoms with Crippen molar-refractivity contribution in [3.8, 4) is 0 Å². The summed E-state index contributed by atoms with van der Waals surface area (Å²) in [5.41, 5.74) is -0.298. The third-order valence-corrected chi connectivity index (χ3v) is 6.87. The highest BCUT2D eigenvalue weighted by Gasteiger charge is 2.51. The lowest BCUT2D eigenvalue weighted by Gasteiger charge is -2.38. The van der Waals surface area contributed by atoms with Crippen LogP contribution in [0.15, 0.2) is 11.1 Å². The number of rotatable bonds is 5. The van der Waals surface area contributed by atoms with E-state index < -0.39 is 21.6 Å². The minimum Gasteiger partial charge on any atom is -0.450 e. The fourth-order valence-corrected chi connectivity index (χ4v) is 4.93. The first-order chi connectivity index (χ1) is 12.2. The highest BCUT2D eigenvalue weighted by molar-refractivity contribution is 7.88.